The number of nitrogens with zero attached hydrogens (tertiary/aromatic N) is 6. The van der Waals surface area contributed by atoms with Crippen LogP contribution in [0.5, 0.6) is 0 Å². The van der Waals surface area contributed by atoms with Crippen molar-refractivity contribution < 1.29 is 0 Å². The first-order valence-electron chi connectivity index (χ1n) is 7.58. The average molecular weight is 302 g/mol. The minimum Gasteiger partial charge on any atom is -0.263 e. The lowest BCUT2D eigenvalue weighted by Crippen LogP contribution is -2.11. The molecular formula is C14H18N6S. The van der Waals surface area contributed by atoms with Gasteiger partial charge in [-0.05, 0) is 25.3 Å². The monoisotopic (exact) mass is 302 g/mol. The molecule has 1 fully saturated rings. The molecule has 0 spiro atoms. The molecule has 1 atom stereocenters. The standard InChI is InChI=1S/C14H18N6S/c1-2-11(19-9-5-8-15-19)13-18-20-12(10-6-3-4-7-10)16-17-14(20)21-13/h5,8-11H,2-4,6-7H2,1H3/t11-/m1/s1. The van der Waals surface area contributed by atoms with E-state index in [2.05, 4.69) is 22.2 Å². The van der Waals surface area contributed by atoms with Crippen LogP contribution in [0.25, 0.3) is 4.96 Å². The second kappa shape index (κ2) is 5.22. The predicted octanol–water partition coefficient (Wildman–Crippen LogP) is 3.04. The van der Waals surface area contributed by atoms with E-state index < -0.39 is 0 Å². The molecule has 4 rings (SSSR count). The van der Waals surface area contributed by atoms with Crippen LogP contribution in [0.4, 0.5) is 0 Å². The summed E-state index contributed by atoms with van der Waals surface area (Å²) in [4.78, 5) is 0.900. The number of rotatable bonds is 4. The second-order valence-corrected chi connectivity index (χ2v) is 6.57. The van der Waals surface area contributed by atoms with Crippen LogP contribution in [0, 0.1) is 0 Å². The molecule has 0 aromatic carbocycles. The van der Waals surface area contributed by atoms with Crippen LogP contribution in [0.3, 0.4) is 0 Å². The predicted molar refractivity (Wildman–Crippen MR) is 80.5 cm³/mol. The van der Waals surface area contributed by atoms with E-state index in [4.69, 9.17) is 5.10 Å². The summed E-state index contributed by atoms with van der Waals surface area (Å²) in [5, 5.41) is 18.9. The van der Waals surface area contributed by atoms with Crippen LogP contribution in [-0.2, 0) is 0 Å². The van der Waals surface area contributed by atoms with E-state index >= 15 is 0 Å². The van der Waals surface area contributed by atoms with Gasteiger partial charge in [-0.25, -0.2) is 0 Å². The van der Waals surface area contributed by atoms with Crippen LogP contribution in [-0.4, -0.2) is 29.6 Å². The molecule has 0 N–H and O–H groups in total. The highest BCUT2D eigenvalue weighted by Crippen LogP contribution is 2.34. The van der Waals surface area contributed by atoms with Gasteiger partial charge in [0.2, 0.25) is 4.96 Å². The highest BCUT2D eigenvalue weighted by molar-refractivity contribution is 7.16. The fourth-order valence-corrected chi connectivity index (χ4v) is 4.18. The molecule has 1 aliphatic carbocycles. The van der Waals surface area contributed by atoms with Crippen molar-refractivity contribution >= 4 is 16.3 Å². The molecule has 110 valence electrons. The quantitative estimate of drug-likeness (QED) is 0.743. The van der Waals surface area contributed by atoms with Gasteiger partial charge in [-0.3, -0.25) is 4.68 Å². The molecule has 3 aromatic rings. The van der Waals surface area contributed by atoms with E-state index in [-0.39, 0.29) is 6.04 Å². The summed E-state index contributed by atoms with van der Waals surface area (Å²) in [6.45, 7) is 2.16. The maximum atomic E-state index is 4.79. The summed E-state index contributed by atoms with van der Waals surface area (Å²) in [6.07, 6.45) is 9.78. The highest BCUT2D eigenvalue weighted by atomic mass is 32.1. The molecule has 6 nitrogen and oxygen atoms in total. The number of hydrogen-bond donors (Lipinski definition) is 0. The van der Waals surface area contributed by atoms with Crippen molar-refractivity contribution in [2.75, 3.05) is 0 Å². The molecule has 3 heterocycles. The third-order valence-electron chi connectivity index (χ3n) is 4.27. The first-order valence-corrected chi connectivity index (χ1v) is 8.39. The molecule has 0 saturated heterocycles. The van der Waals surface area contributed by atoms with Gasteiger partial charge in [-0.2, -0.15) is 14.7 Å². The minimum absolute atomic E-state index is 0.183. The Morgan fingerprint density at radius 2 is 2.19 bits per heavy atom. The zero-order valence-corrected chi connectivity index (χ0v) is 12.8. The van der Waals surface area contributed by atoms with E-state index in [1.165, 1.54) is 25.7 Å². The van der Waals surface area contributed by atoms with E-state index in [1.807, 2.05) is 27.7 Å². The van der Waals surface area contributed by atoms with Gasteiger partial charge in [0.25, 0.3) is 0 Å². The van der Waals surface area contributed by atoms with Gasteiger partial charge < -0.3 is 0 Å². The van der Waals surface area contributed by atoms with Crippen molar-refractivity contribution in [3.63, 3.8) is 0 Å². The fraction of sp³-hybridized carbons (Fsp3) is 0.571. The maximum absolute atomic E-state index is 4.79. The molecule has 7 heteroatoms. The summed E-state index contributed by atoms with van der Waals surface area (Å²) in [6, 6.07) is 2.13. The maximum Gasteiger partial charge on any atom is 0.234 e. The molecule has 0 radical (unpaired) electrons. The zero-order valence-electron chi connectivity index (χ0n) is 12.0. The fourth-order valence-electron chi connectivity index (χ4n) is 3.16. The van der Waals surface area contributed by atoms with Crippen molar-refractivity contribution in [3.05, 3.63) is 29.3 Å². The van der Waals surface area contributed by atoms with Gasteiger partial charge >= 0.3 is 0 Å². The van der Waals surface area contributed by atoms with Crippen molar-refractivity contribution in [1.82, 2.24) is 29.6 Å². The molecule has 3 aromatic heterocycles. The van der Waals surface area contributed by atoms with Gasteiger partial charge in [0.1, 0.15) is 11.0 Å². The summed E-state index contributed by atoms with van der Waals surface area (Å²) in [5.41, 5.74) is 0. The van der Waals surface area contributed by atoms with Crippen LogP contribution in [0.1, 0.15) is 61.8 Å². The van der Waals surface area contributed by atoms with Gasteiger partial charge in [-0.15, -0.1) is 10.2 Å². The van der Waals surface area contributed by atoms with Crippen molar-refractivity contribution in [2.24, 2.45) is 0 Å². The van der Waals surface area contributed by atoms with E-state index in [9.17, 15) is 0 Å². The lowest BCUT2D eigenvalue weighted by Gasteiger charge is -2.11. The average Bonchev–Trinajstić information content (AvgIpc) is 3.25. The summed E-state index contributed by atoms with van der Waals surface area (Å²) < 4.78 is 3.93. The van der Waals surface area contributed by atoms with Gasteiger partial charge in [0.05, 0.1) is 0 Å². The molecule has 1 saturated carbocycles. The Labute approximate surface area is 126 Å². The second-order valence-electron chi connectivity index (χ2n) is 5.58. The number of aromatic nitrogens is 6. The first-order chi connectivity index (χ1) is 10.4. The Morgan fingerprint density at radius 1 is 1.33 bits per heavy atom. The third kappa shape index (κ3) is 2.16. The summed E-state index contributed by atoms with van der Waals surface area (Å²) in [7, 11) is 0. The first kappa shape index (κ1) is 12.9. The zero-order chi connectivity index (χ0) is 14.2. The van der Waals surface area contributed by atoms with Gasteiger partial charge in [0, 0.05) is 18.3 Å². The highest BCUT2D eigenvalue weighted by Gasteiger charge is 2.25. The molecule has 0 amide bonds. The van der Waals surface area contributed by atoms with Crippen LogP contribution >= 0.6 is 11.3 Å². The SMILES string of the molecule is CC[C@H](c1nn2c(C3CCCC3)nnc2s1)n1cccn1. The van der Waals surface area contributed by atoms with Gasteiger partial charge in [0.15, 0.2) is 5.82 Å². The van der Waals surface area contributed by atoms with E-state index in [1.54, 1.807) is 11.3 Å². The smallest absolute Gasteiger partial charge is 0.234 e. The molecule has 21 heavy (non-hydrogen) atoms. The summed E-state index contributed by atoms with van der Waals surface area (Å²) >= 11 is 1.63. The Hall–Kier alpha value is -1.76. The lowest BCUT2D eigenvalue weighted by atomic mass is 10.1. The Kier molecular flexibility index (Phi) is 3.21. The van der Waals surface area contributed by atoms with Crippen molar-refractivity contribution in [1.29, 1.82) is 0 Å². The molecule has 0 aliphatic heterocycles. The molecule has 0 bridgehead atoms. The molecular weight excluding hydrogens is 284 g/mol. The lowest BCUT2D eigenvalue weighted by molar-refractivity contribution is 0.499. The molecule has 1 aliphatic rings. The minimum atomic E-state index is 0.183. The Morgan fingerprint density at radius 3 is 2.90 bits per heavy atom. The normalized spacial score (nSPS) is 17.8. The summed E-state index contributed by atoms with van der Waals surface area (Å²) in [5.74, 6) is 1.57. The number of hydrogen-bond acceptors (Lipinski definition) is 5. The largest absolute Gasteiger partial charge is 0.263 e. The van der Waals surface area contributed by atoms with Crippen molar-refractivity contribution in [3.8, 4) is 0 Å². The van der Waals surface area contributed by atoms with Crippen LogP contribution in [0.15, 0.2) is 18.5 Å². The van der Waals surface area contributed by atoms with Crippen molar-refractivity contribution in [2.45, 2.75) is 51.0 Å². The topological polar surface area (TPSA) is 60.9 Å². The Bertz CT molecular complexity index is 722. The van der Waals surface area contributed by atoms with E-state index in [0.29, 0.717) is 5.92 Å². The van der Waals surface area contributed by atoms with Crippen LogP contribution < -0.4 is 0 Å². The third-order valence-corrected chi connectivity index (χ3v) is 5.27. The van der Waals surface area contributed by atoms with E-state index in [0.717, 1.165) is 22.2 Å². The number of fused-ring (bicyclic) bond motifs is 1. The van der Waals surface area contributed by atoms with Gasteiger partial charge in [-0.1, -0.05) is 31.1 Å². The van der Waals surface area contributed by atoms with Crippen LogP contribution in [0.2, 0.25) is 0 Å². The molecule has 0 unspecified atom stereocenters. The Balaban J connectivity index is 1.73.